The van der Waals surface area contributed by atoms with Gasteiger partial charge < -0.3 is 10.0 Å². The highest BCUT2D eigenvalue weighted by Crippen LogP contribution is 2.28. The Balaban J connectivity index is 2.01. The number of hydrogen-bond acceptors (Lipinski definition) is 5. The van der Waals surface area contributed by atoms with Crippen molar-refractivity contribution in [3.8, 4) is 0 Å². The molecule has 0 radical (unpaired) electrons. The van der Waals surface area contributed by atoms with Crippen molar-refractivity contribution >= 4 is 23.0 Å². The molecule has 0 bridgehead atoms. The van der Waals surface area contributed by atoms with Gasteiger partial charge in [0.05, 0.1) is 0 Å². The molecule has 2 unspecified atom stereocenters. The number of carboxylic acid groups (broad SMARTS) is 1. The molecule has 6 heteroatoms. The van der Waals surface area contributed by atoms with Crippen LogP contribution in [-0.2, 0) is 4.79 Å². The van der Waals surface area contributed by atoms with Crippen molar-refractivity contribution in [1.82, 2.24) is 15.0 Å². The van der Waals surface area contributed by atoms with Crippen molar-refractivity contribution in [2.75, 3.05) is 11.4 Å². The lowest BCUT2D eigenvalue weighted by molar-refractivity contribution is -0.140. The number of carbonyl (C=O) groups is 1. The first kappa shape index (κ1) is 12.8. The van der Waals surface area contributed by atoms with Gasteiger partial charge in [-0.3, -0.25) is 4.98 Å². The van der Waals surface area contributed by atoms with E-state index in [1.54, 1.807) is 12.4 Å². The maximum absolute atomic E-state index is 11.5. The summed E-state index contributed by atoms with van der Waals surface area (Å²) in [5, 5.41) is 9.46. The zero-order valence-electron chi connectivity index (χ0n) is 11.2. The molecule has 20 heavy (non-hydrogen) atoms. The lowest BCUT2D eigenvalue weighted by Crippen LogP contribution is -2.49. The Hall–Kier alpha value is -2.24. The lowest BCUT2D eigenvalue weighted by atomic mass is 9.91. The molecular formula is C14H16N4O2. The van der Waals surface area contributed by atoms with Gasteiger partial charge in [-0.15, -0.1) is 0 Å². The third kappa shape index (κ3) is 2.17. The van der Waals surface area contributed by atoms with Crippen molar-refractivity contribution in [2.24, 2.45) is 5.92 Å². The second-order valence-electron chi connectivity index (χ2n) is 5.16. The Morgan fingerprint density at radius 3 is 2.95 bits per heavy atom. The van der Waals surface area contributed by atoms with Crippen LogP contribution in [0.25, 0.3) is 11.2 Å². The number of rotatable bonds is 2. The summed E-state index contributed by atoms with van der Waals surface area (Å²) in [6, 6.07) is 3.14. The molecule has 104 valence electrons. The number of fused-ring (bicyclic) bond motifs is 1. The number of aliphatic carboxylic acids is 1. The molecule has 0 aliphatic carbocycles. The Morgan fingerprint density at radius 2 is 2.15 bits per heavy atom. The van der Waals surface area contributed by atoms with Crippen LogP contribution in [0.5, 0.6) is 0 Å². The first-order valence-electron chi connectivity index (χ1n) is 6.74. The molecule has 2 aromatic rings. The maximum atomic E-state index is 11.5. The topological polar surface area (TPSA) is 79.2 Å². The highest BCUT2D eigenvalue weighted by atomic mass is 16.4. The average Bonchev–Trinajstić information content (AvgIpc) is 2.46. The summed E-state index contributed by atoms with van der Waals surface area (Å²) in [6.45, 7) is 2.69. The van der Waals surface area contributed by atoms with Gasteiger partial charge in [0, 0.05) is 18.9 Å². The summed E-state index contributed by atoms with van der Waals surface area (Å²) in [5.74, 6) is -0.0178. The Bertz CT molecular complexity index is 646. The normalized spacial score (nSPS) is 22.9. The van der Waals surface area contributed by atoms with Crippen LogP contribution in [0.15, 0.2) is 24.5 Å². The van der Waals surface area contributed by atoms with Crippen LogP contribution in [0.4, 0.5) is 5.82 Å². The fourth-order valence-electron chi connectivity index (χ4n) is 2.83. The van der Waals surface area contributed by atoms with Crippen LogP contribution in [0.1, 0.15) is 19.8 Å². The zero-order chi connectivity index (χ0) is 14.1. The Labute approximate surface area is 116 Å². The van der Waals surface area contributed by atoms with Gasteiger partial charge in [-0.25, -0.2) is 14.8 Å². The van der Waals surface area contributed by atoms with Crippen molar-refractivity contribution in [3.63, 3.8) is 0 Å². The molecule has 0 spiro atoms. The molecule has 3 heterocycles. The fourth-order valence-corrected chi connectivity index (χ4v) is 2.83. The highest BCUT2D eigenvalue weighted by molar-refractivity contribution is 5.79. The van der Waals surface area contributed by atoms with E-state index in [4.69, 9.17) is 0 Å². The van der Waals surface area contributed by atoms with Crippen LogP contribution in [0.3, 0.4) is 0 Å². The molecule has 0 saturated carbocycles. The Morgan fingerprint density at radius 1 is 1.35 bits per heavy atom. The predicted molar refractivity (Wildman–Crippen MR) is 74.5 cm³/mol. The standard InChI is InChI=1S/C14H16N4O2/c1-9-3-2-8-18(12(9)14(19)20)11-5-4-10-13(17-11)16-7-6-15-10/h4-7,9,12H,2-3,8H2,1H3,(H,19,20). The number of carboxylic acids is 1. The molecule has 3 rings (SSSR count). The van der Waals surface area contributed by atoms with Gasteiger partial charge in [-0.2, -0.15) is 0 Å². The number of aromatic nitrogens is 3. The van der Waals surface area contributed by atoms with Gasteiger partial charge in [0.15, 0.2) is 5.65 Å². The molecule has 2 atom stereocenters. The van der Waals surface area contributed by atoms with Crippen LogP contribution < -0.4 is 4.90 Å². The van der Waals surface area contributed by atoms with Crippen molar-refractivity contribution < 1.29 is 9.90 Å². The third-order valence-corrected chi connectivity index (χ3v) is 3.80. The Kier molecular flexibility index (Phi) is 3.22. The minimum absolute atomic E-state index is 0.112. The molecule has 6 nitrogen and oxygen atoms in total. The highest BCUT2D eigenvalue weighted by Gasteiger charge is 2.35. The van der Waals surface area contributed by atoms with Gasteiger partial charge in [0.2, 0.25) is 0 Å². The summed E-state index contributed by atoms with van der Waals surface area (Å²) in [5.41, 5.74) is 1.26. The van der Waals surface area contributed by atoms with E-state index < -0.39 is 12.0 Å². The number of piperidine rings is 1. The van der Waals surface area contributed by atoms with E-state index in [-0.39, 0.29) is 5.92 Å². The fraction of sp³-hybridized carbons (Fsp3) is 0.429. The van der Waals surface area contributed by atoms with E-state index in [9.17, 15) is 9.90 Å². The summed E-state index contributed by atoms with van der Waals surface area (Å²) >= 11 is 0. The number of anilines is 1. The van der Waals surface area contributed by atoms with Gasteiger partial charge in [0.1, 0.15) is 17.4 Å². The van der Waals surface area contributed by atoms with Crippen LogP contribution in [-0.4, -0.2) is 38.6 Å². The van der Waals surface area contributed by atoms with Crippen molar-refractivity contribution in [3.05, 3.63) is 24.5 Å². The van der Waals surface area contributed by atoms with Crippen LogP contribution >= 0.6 is 0 Å². The van der Waals surface area contributed by atoms with Gasteiger partial charge in [-0.05, 0) is 30.9 Å². The second-order valence-corrected chi connectivity index (χ2v) is 5.16. The second kappa shape index (κ2) is 5.03. The molecular weight excluding hydrogens is 256 g/mol. The summed E-state index contributed by atoms with van der Waals surface area (Å²) in [4.78, 5) is 26.2. The molecule has 0 amide bonds. The first-order chi connectivity index (χ1) is 9.66. The van der Waals surface area contributed by atoms with Crippen LogP contribution in [0, 0.1) is 5.92 Å². The summed E-state index contributed by atoms with van der Waals surface area (Å²) in [6.07, 6.45) is 5.12. The SMILES string of the molecule is CC1CCCN(c2ccc3nccnc3n2)C1C(=O)O. The molecule has 1 N–H and O–H groups in total. The monoisotopic (exact) mass is 272 g/mol. The summed E-state index contributed by atoms with van der Waals surface area (Å²) < 4.78 is 0. The lowest BCUT2D eigenvalue weighted by Gasteiger charge is -2.38. The van der Waals surface area contributed by atoms with E-state index in [1.165, 1.54) is 0 Å². The average molecular weight is 272 g/mol. The molecule has 1 fully saturated rings. The minimum Gasteiger partial charge on any atom is -0.480 e. The minimum atomic E-state index is -0.793. The smallest absolute Gasteiger partial charge is 0.326 e. The van der Waals surface area contributed by atoms with Gasteiger partial charge >= 0.3 is 5.97 Å². The molecule has 1 aliphatic heterocycles. The van der Waals surface area contributed by atoms with Crippen LogP contribution in [0.2, 0.25) is 0 Å². The van der Waals surface area contributed by atoms with Crippen molar-refractivity contribution in [1.29, 1.82) is 0 Å². The van der Waals surface area contributed by atoms with Gasteiger partial charge in [-0.1, -0.05) is 6.92 Å². The third-order valence-electron chi connectivity index (χ3n) is 3.80. The van der Waals surface area contributed by atoms with E-state index >= 15 is 0 Å². The molecule has 2 aromatic heterocycles. The predicted octanol–water partition coefficient (Wildman–Crippen LogP) is 1.71. The van der Waals surface area contributed by atoms with Crippen molar-refractivity contribution in [2.45, 2.75) is 25.8 Å². The first-order valence-corrected chi connectivity index (χ1v) is 6.74. The quantitative estimate of drug-likeness (QED) is 0.896. The molecule has 1 aliphatic rings. The van der Waals surface area contributed by atoms with Gasteiger partial charge in [0.25, 0.3) is 0 Å². The van der Waals surface area contributed by atoms with E-state index in [0.29, 0.717) is 23.5 Å². The van der Waals surface area contributed by atoms with E-state index in [2.05, 4.69) is 15.0 Å². The molecule has 1 saturated heterocycles. The number of nitrogens with zero attached hydrogens (tertiary/aromatic N) is 4. The van der Waals surface area contributed by atoms with E-state index in [1.807, 2.05) is 24.0 Å². The maximum Gasteiger partial charge on any atom is 0.326 e. The summed E-state index contributed by atoms with van der Waals surface area (Å²) in [7, 11) is 0. The molecule has 0 aromatic carbocycles. The zero-order valence-corrected chi connectivity index (χ0v) is 11.2. The largest absolute Gasteiger partial charge is 0.480 e. The van der Waals surface area contributed by atoms with E-state index in [0.717, 1.165) is 12.8 Å². The number of hydrogen-bond donors (Lipinski definition) is 1. The number of pyridine rings is 1.